The van der Waals surface area contributed by atoms with Crippen LogP contribution in [0.15, 0.2) is 42.5 Å². The molecule has 0 radical (unpaired) electrons. The second-order valence-corrected chi connectivity index (χ2v) is 5.45. The Hall–Kier alpha value is -3.02. The molecule has 0 saturated carbocycles. The zero-order valence-corrected chi connectivity index (χ0v) is 12.6. The molecule has 116 valence electrons. The van der Waals surface area contributed by atoms with Crippen LogP contribution in [0.2, 0.25) is 0 Å². The Bertz CT molecular complexity index is 984. The minimum Gasteiger partial charge on any atom is -0.454 e. The molecule has 1 aliphatic rings. The van der Waals surface area contributed by atoms with Gasteiger partial charge >= 0.3 is 0 Å². The highest BCUT2D eigenvalue weighted by atomic mass is 16.7. The summed E-state index contributed by atoms with van der Waals surface area (Å²) < 4.78 is 14.1. The number of rotatable bonds is 3. The van der Waals surface area contributed by atoms with Crippen LogP contribution in [0.25, 0.3) is 11.0 Å². The third-order valence-electron chi connectivity index (χ3n) is 4.10. The lowest BCUT2D eigenvalue weighted by Crippen LogP contribution is -2.25. The predicted molar refractivity (Wildman–Crippen MR) is 83.7 cm³/mol. The van der Waals surface area contributed by atoms with Crippen LogP contribution in [0, 0.1) is 5.41 Å². The van der Waals surface area contributed by atoms with Gasteiger partial charge in [-0.25, -0.2) is 0 Å². The molecule has 23 heavy (non-hydrogen) atoms. The summed E-state index contributed by atoms with van der Waals surface area (Å²) in [5.74, 6) is 1.17. The van der Waals surface area contributed by atoms with Crippen molar-refractivity contribution in [2.75, 3.05) is 6.79 Å². The number of carbonyl (C=O) groups excluding carboxylic acids is 1. The number of benzene rings is 2. The van der Waals surface area contributed by atoms with Gasteiger partial charge in [-0.1, -0.05) is 12.1 Å². The number of imidazole rings is 1. The summed E-state index contributed by atoms with van der Waals surface area (Å²) in [7, 11) is 1.83. The Morgan fingerprint density at radius 2 is 1.87 bits per heavy atom. The molecule has 0 spiro atoms. The van der Waals surface area contributed by atoms with E-state index in [2.05, 4.69) is 0 Å². The SMILES string of the molecule is Cn1c(=N)n(CC(=O)c2ccc3c(c2)OCO3)c2ccccc21. The smallest absolute Gasteiger partial charge is 0.231 e. The van der Waals surface area contributed by atoms with Crippen molar-refractivity contribution in [2.45, 2.75) is 6.54 Å². The first kappa shape index (κ1) is 13.6. The first-order chi connectivity index (χ1) is 11.1. The highest BCUT2D eigenvalue weighted by Gasteiger charge is 2.18. The van der Waals surface area contributed by atoms with Crippen molar-refractivity contribution in [2.24, 2.45) is 7.05 Å². The summed E-state index contributed by atoms with van der Waals surface area (Å²) in [6.45, 7) is 0.293. The predicted octanol–water partition coefficient (Wildman–Crippen LogP) is 2.07. The lowest BCUT2D eigenvalue weighted by molar-refractivity contribution is 0.0971. The maximum atomic E-state index is 12.6. The summed E-state index contributed by atoms with van der Waals surface area (Å²) in [5.41, 5.74) is 2.64. The highest BCUT2D eigenvalue weighted by molar-refractivity contribution is 5.97. The Labute approximate surface area is 132 Å². The molecule has 1 aliphatic heterocycles. The summed E-state index contributed by atoms with van der Waals surface area (Å²) >= 11 is 0. The van der Waals surface area contributed by atoms with Gasteiger partial charge in [0.15, 0.2) is 17.3 Å². The van der Waals surface area contributed by atoms with Crippen LogP contribution in [0.1, 0.15) is 10.4 Å². The minimum atomic E-state index is -0.0712. The molecule has 0 aliphatic carbocycles. The lowest BCUT2D eigenvalue weighted by atomic mass is 10.1. The van der Waals surface area contributed by atoms with E-state index in [4.69, 9.17) is 14.9 Å². The number of hydrogen-bond donors (Lipinski definition) is 1. The number of ether oxygens (including phenoxy) is 2. The number of para-hydroxylation sites is 2. The Balaban J connectivity index is 1.72. The van der Waals surface area contributed by atoms with Gasteiger partial charge in [-0.2, -0.15) is 0 Å². The molecular weight excluding hydrogens is 294 g/mol. The minimum absolute atomic E-state index is 0.0712. The van der Waals surface area contributed by atoms with Crippen LogP contribution < -0.4 is 15.1 Å². The monoisotopic (exact) mass is 309 g/mol. The van der Waals surface area contributed by atoms with E-state index in [0.29, 0.717) is 22.7 Å². The Morgan fingerprint density at radius 3 is 2.70 bits per heavy atom. The van der Waals surface area contributed by atoms with Gasteiger partial charge in [-0.15, -0.1) is 0 Å². The summed E-state index contributed by atoms with van der Waals surface area (Å²) in [5, 5.41) is 8.23. The van der Waals surface area contributed by atoms with Crippen molar-refractivity contribution in [3.05, 3.63) is 53.6 Å². The summed E-state index contributed by atoms with van der Waals surface area (Å²) in [6, 6.07) is 12.8. The average molecular weight is 309 g/mol. The molecule has 0 bridgehead atoms. The van der Waals surface area contributed by atoms with Crippen LogP contribution in [-0.2, 0) is 13.6 Å². The van der Waals surface area contributed by atoms with Crippen molar-refractivity contribution in [1.82, 2.24) is 9.13 Å². The molecule has 4 rings (SSSR count). The van der Waals surface area contributed by atoms with Gasteiger partial charge in [-0.05, 0) is 30.3 Å². The molecule has 0 atom stereocenters. The third-order valence-corrected chi connectivity index (χ3v) is 4.10. The molecule has 1 aromatic heterocycles. The van der Waals surface area contributed by atoms with Crippen molar-refractivity contribution in [1.29, 1.82) is 5.41 Å². The van der Waals surface area contributed by atoms with Gasteiger partial charge in [0.1, 0.15) is 0 Å². The quantitative estimate of drug-likeness (QED) is 0.753. The summed E-state index contributed by atoms with van der Waals surface area (Å²) in [6.07, 6.45) is 0. The number of aryl methyl sites for hydroxylation is 1. The fourth-order valence-electron chi connectivity index (χ4n) is 2.85. The maximum Gasteiger partial charge on any atom is 0.231 e. The number of fused-ring (bicyclic) bond motifs is 2. The molecule has 0 amide bonds. The number of hydrogen-bond acceptors (Lipinski definition) is 4. The van der Waals surface area contributed by atoms with E-state index in [0.717, 1.165) is 11.0 Å². The summed E-state index contributed by atoms with van der Waals surface area (Å²) in [4.78, 5) is 12.6. The number of carbonyl (C=O) groups is 1. The molecule has 0 unspecified atom stereocenters. The third kappa shape index (κ3) is 2.11. The van der Waals surface area contributed by atoms with Crippen LogP contribution >= 0.6 is 0 Å². The van der Waals surface area contributed by atoms with Crippen LogP contribution in [0.5, 0.6) is 11.5 Å². The first-order valence-corrected chi connectivity index (χ1v) is 7.27. The molecule has 6 nitrogen and oxygen atoms in total. The molecular formula is C17H15N3O3. The average Bonchev–Trinajstić information content (AvgIpc) is 3.13. The molecule has 0 fully saturated rings. The van der Waals surface area contributed by atoms with Gasteiger partial charge in [0.05, 0.1) is 17.6 Å². The first-order valence-electron chi connectivity index (χ1n) is 7.27. The second kappa shape index (κ2) is 5.01. The zero-order valence-electron chi connectivity index (χ0n) is 12.6. The molecule has 1 N–H and O–H groups in total. The van der Waals surface area contributed by atoms with E-state index < -0.39 is 0 Å². The number of Topliss-reactive ketones (excluding diaryl/α,β-unsaturated/α-hetero) is 1. The number of aromatic nitrogens is 2. The number of ketones is 1. The van der Waals surface area contributed by atoms with Gasteiger partial charge in [-0.3, -0.25) is 10.2 Å². The molecule has 3 aromatic rings. The van der Waals surface area contributed by atoms with Crippen molar-refractivity contribution < 1.29 is 14.3 Å². The normalized spacial score (nSPS) is 12.7. The Kier molecular flexibility index (Phi) is 2.97. The Morgan fingerprint density at radius 1 is 1.13 bits per heavy atom. The number of nitrogens with zero attached hydrogens (tertiary/aromatic N) is 2. The molecule has 2 aromatic carbocycles. The van der Waals surface area contributed by atoms with Gasteiger partial charge < -0.3 is 18.6 Å². The second-order valence-electron chi connectivity index (χ2n) is 5.45. The van der Waals surface area contributed by atoms with Gasteiger partial charge in [0.2, 0.25) is 12.4 Å². The van der Waals surface area contributed by atoms with Crippen LogP contribution in [0.4, 0.5) is 0 Å². The van der Waals surface area contributed by atoms with Crippen LogP contribution in [-0.4, -0.2) is 21.7 Å². The molecule has 0 saturated heterocycles. The fourth-order valence-corrected chi connectivity index (χ4v) is 2.85. The lowest BCUT2D eigenvalue weighted by Gasteiger charge is -2.05. The van der Waals surface area contributed by atoms with Crippen molar-refractivity contribution in [3.63, 3.8) is 0 Å². The van der Waals surface area contributed by atoms with E-state index >= 15 is 0 Å². The standard InChI is InChI=1S/C17H15N3O3/c1-19-12-4-2-3-5-13(12)20(17(19)18)9-14(21)11-6-7-15-16(8-11)23-10-22-15/h2-8,18H,9-10H2,1H3. The van der Waals surface area contributed by atoms with Gasteiger partial charge in [0, 0.05) is 12.6 Å². The maximum absolute atomic E-state index is 12.6. The van der Waals surface area contributed by atoms with Crippen LogP contribution in [0.3, 0.4) is 0 Å². The van der Waals surface area contributed by atoms with E-state index in [9.17, 15) is 4.79 Å². The van der Waals surface area contributed by atoms with E-state index in [1.165, 1.54) is 0 Å². The number of nitrogens with one attached hydrogen (secondary N) is 1. The van der Waals surface area contributed by atoms with E-state index in [1.807, 2.05) is 31.3 Å². The van der Waals surface area contributed by atoms with Gasteiger partial charge in [0.25, 0.3) is 0 Å². The molecule has 6 heteroatoms. The highest BCUT2D eigenvalue weighted by Crippen LogP contribution is 2.32. The van der Waals surface area contributed by atoms with Crippen molar-refractivity contribution >= 4 is 16.8 Å². The topological polar surface area (TPSA) is 69.2 Å². The van der Waals surface area contributed by atoms with Crippen molar-refractivity contribution in [3.8, 4) is 11.5 Å². The van der Waals surface area contributed by atoms with E-state index in [-0.39, 0.29) is 19.1 Å². The molecule has 2 heterocycles. The fraction of sp³-hybridized carbons (Fsp3) is 0.176. The largest absolute Gasteiger partial charge is 0.454 e. The zero-order chi connectivity index (χ0) is 16.0. The van der Waals surface area contributed by atoms with E-state index in [1.54, 1.807) is 27.3 Å².